The first kappa shape index (κ1) is 9.64. The Morgan fingerprint density at radius 3 is 2.67 bits per heavy atom. The lowest BCUT2D eigenvalue weighted by Crippen LogP contribution is -2.05. The molecule has 5 heteroatoms. The van der Waals surface area contributed by atoms with Crippen LogP contribution >= 0.6 is 0 Å². The predicted octanol–water partition coefficient (Wildman–Crippen LogP) is 1.20. The Hall–Kier alpha value is -1.91. The van der Waals surface area contributed by atoms with Crippen molar-refractivity contribution in [2.75, 3.05) is 5.73 Å². The number of nitrogens with two attached hydrogens (primary N) is 1. The average Bonchev–Trinajstić information content (AvgIpc) is 2.68. The van der Waals surface area contributed by atoms with Crippen LogP contribution in [0.4, 0.5) is 5.69 Å². The number of aromatic nitrogens is 4. The molecule has 0 amide bonds. The Labute approximate surface area is 88.0 Å². The zero-order valence-corrected chi connectivity index (χ0v) is 8.59. The molecule has 0 aliphatic heterocycles. The van der Waals surface area contributed by atoms with Gasteiger partial charge in [0.1, 0.15) is 5.82 Å². The second-order valence-electron chi connectivity index (χ2n) is 3.28. The molecular weight excluding hydrogens is 190 g/mol. The van der Waals surface area contributed by atoms with E-state index in [0.29, 0.717) is 11.6 Å². The van der Waals surface area contributed by atoms with Crippen molar-refractivity contribution in [3.8, 4) is 5.95 Å². The highest BCUT2D eigenvalue weighted by Crippen LogP contribution is 2.07. The second kappa shape index (κ2) is 4.08. The van der Waals surface area contributed by atoms with Gasteiger partial charge in [0.25, 0.3) is 0 Å². The summed E-state index contributed by atoms with van der Waals surface area (Å²) in [5.41, 5.74) is 6.09. The first-order valence-electron chi connectivity index (χ1n) is 4.91. The second-order valence-corrected chi connectivity index (χ2v) is 3.28. The highest BCUT2D eigenvalue weighted by molar-refractivity contribution is 5.32. The van der Waals surface area contributed by atoms with Crippen LogP contribution in [0.2, 0.25) is 0 Å². The van der Waals surface area contributed by atoms with E-state index in [2.05, 4.69) is 21.9 Å². The van der Waals surface area contributed by atoms with Crippen LogP contribution in [0.25, 0.3) is 5.95 Å². The molecule has 2 heterocycles. The first-order valence-corrected chi connectivity index (χ1v) is 4.91. The Morgan fingerprint density at radius 2 is 2.00 bits per heavy atom. The van der Waals surface area contributed by atoms with E-state index in [1.54, 1.807) is 18.6 Å². The summed E-state index contributed by atoms with van der Waals surface area (Å²) in [6, 6.07) is 0. The summed E-state index contributed by atoms with van der Waals surface area (Å²) < 4.78 is 1.88. The van der Waals surface area contributed by atoms with Gasteiger partial charge >= 0.3 is 0 Å². The Morgan fingerprint density at radius 1 is 1.27 bits per heavy atom. The van der Waals surface area contributed by atoms with Gasteiger partial charge in [-0.25, -0.2) is 15.0 Å². The van der Waals surface area contributed by atoms with Crippen molar-refractivity contribution in [3.05, 3.63) is 30.6 Å². The number of aryl methyl sites for hydroxylation is 1. The molecule has 0 spiro atoms. The summed E-state index contributed by atoms with van der Waals surface area (Å²) in [6.07, 6.45) is 8.77. The minimum Gasteiger partial charge on any atom is -0.396 e. The van der Waals surface area contributed by atoms with Gasteiger partial charge in [0.15, 0.2) is 0 Å². The maximum atomic E-state index is 5.53. The summed E-state index contributed by atoms with van der Waals surface area (Å²) in [4.78, 5) is 12.6. The molecule has 0 saturated carbocycles. The Bertz CT molecular complexity index is 431. The van der Waals surface area contributed by atoms with Gasteiger partial charge in [-0.3, -0.25) is 4.57 Å². The summed E-state index contributed by atoms with van der Waals surface area (Å²) in [7, 11) is 0. The maximum Gasteiger partial charge on any atom is 0.235 e. The van der Waals surface area contributed by atoms with Gasteiger partial charge in [-0.15, -0.1) is 0 Å². The highest BCUT2D eigenvalue weighted by atomic mass is 15.2. The first-order chi connectivity index (χ1) is 7.31. The molecule has 0 bridgehead atoms. The van der Waals surface area contributed by atoms with E-state index >= 15 is 0 Å². The molecule has 0 aliphatic carbocycles. The van der Waals surface area contributed by atoms with Crippen LogP contribution in [0.15, 0.2) is 24.8 Å². The van der Waals surface area contributed by atoms with Gasteiger partial charge in [-0.1, -0.05) is 6.92 Å². The fourth-order valence-corrected chi connectivity index (χ4v) is 1.38. The number of nitrogens with zero attached hydrogens (tertiary/aromatic N) is 4. The summed E-state index contributed by atoms with van der Waals surface area (Å²) in [5, 5.41) is 0. The molecule has 0 aliphatic rings. The number of rotatable bonds is 3. The number of imidazole rings is 1. The molecule has 2 aromatic heterocycles. The standard InChI is InChI=1S/C10H13N5/c1-2-3-9-12-4-5-15(9)10-13-6-8(11)7-14-10/h4-7H,2-3,11H2,1H3. The van der Waals surface area contributed by atoms with E-state index in [4.69, 9.17) is 5.73 Å². The van der Waals surface area contributed by atoms with Crippen LogP contribution in [0, 0.1) is 0 Å². The molecule has 0 atom stereocenters. The fourth-order valence-electron chi connectivity index (χ4n) is 1.38. The van der Waals surface area contributed by atoms with Crippen LogP contribution < -0.4 is 5.73 Å². The van der Waals surface area contributed by atoms with Crippen molar-refractivity contribution >= 4 is 5.69 Å². The minimum atomic E-state index is 0.566. The molecule has 0 unspecified atom stereocenters. The largest absolute Gasteiger partial charge is 0.396 e. The molecule has 2 aromatic rings. The fraction of sp³-hybridized carbons (Fsp3) is 0.300. The van der Waals surface area contributed by atoms with E-state index in [9.17, 15) is 0 Å². The van der Waals surface area contributed by atoms with Gasteiger partial charge in [0.05, 0.1) is 18.1 Å². The third-order valence-electron chi connectivity index (χ3n) is 2.06. The third kappa shape index (κ3) is 1.96. The molecule has 2 N–H and O–H groups in total. The van der Waals surface area contributed by atoms with Crippen molar-refractivity contribution in [2.24, 2.45) is 0 Å². The molecular formula is C10H13N5. The third-order valence-corrected chi connectivity index (χ3v) is 2.06. The monoisotopic (exact) mass is 203 g/mol. The van der Waals surface area contributed by atoms with E-state index in [0.717, 1.165) is 18.7 Å². The van der Waals surface area contributed by atoms with Gasteiger partial charge in [0.2, 0.25) is 5.95 Å². The number of anilines is 1. The van der Waals surface area contributed by atoms with E-state index in [1.807, 2.05) is 10.8 Å². The van der Waals surface area contributed by atoms with Crippen molar-refractivity contribution < 1.29 is 0 Å². The Kier molecular flexibility index (Phi) is 2.62. The van der Waals surface area contributed by atoms with E-state index in [-0.39, 0.29) is 0 Å². The quantitative estimate of drug-likeness (QED) is 0.813. The zero-order valence-electron chi connectivity index (χ0n) is 8.59. The molecule has 0 aromatic carbocycles. The molecule has 2 rings (SSSR count). The lowest BCUT2D eigenvalue weighted by molar-refractivity contribution is 0.782. The lowest BCUT2D eigenvalue weighted by Gasteiger charge is -2.04. The zero-order chi connectivity index (χ0) is 10.7. The number of hydrogen-bond acceptors (Lipinski definition) is 4. The van der Waals surface area contributed by atoms with Crippen molar-refractivity contribution in [1.29, 1.82) is 0 Å². The lowest BCUT2D eigenvalue weighted by atomic mass is 10.3. The van der Waals surface area contributed by atoms with Gasteiger partial charge < -0.3 is 5.73 Å². The Balaban J connectivity index is 2.36. The molecule has 0 fully saturated rings. The molecule has 5 nitrogen and oxygen atoms in total. The maximum absolute atomic E-state index is 5.53. The molecule has 78 valence electrons. The van der Waals surface area contributed by atoms with Crippen LogP contribution in [-0.2, 0) is 6.42 Å². The van der Waals surface area contributed by atoms with Crippen LogP contribution in [0.5, 0.6) is 0 Å². The van der Waals surface area contributed by atoms with Crippen molar-refractivity contribution in [2.45, 2.75) is 19.8 Å². The number of hydrogen-bond donors (Lipinski definition) is 1. The molecule has 0 radical (unpaired) electrons. The summed E-state index contributed by atoms with van der Waals surface area (Å²) in [6.45, 7) is 2.11. The average molecular weight is 203 g/mol. The SMILES string of the molecule is CCCc1nccn1-c1ncc(N)cn1. The minimum absolute atomic E-state index is 0.566. The van der Waals surface area contributed by atoms with E-state index < -0.39 is 0 Å². The molecule has 15 heavy (non-hydrogen) atoms. The predicted molar refractivity (Wildman–Crippen MR) is 57.6 cm³/mol. The van der Waals surface area contributed by atoms with Gasteiger partial charge in [-0.2, -0.15) is 0 Å². The van der Waals surface area contributed by atoms with Gasteiger partial charge in [0, 0.05) is 18.8 Å². The smallest absolute Gasteiger partial charge is 0.235 e. The topological polar surface area (TPSA) is 69.6 Å². The van der Waals surface area contributed by atoms with Gasteiger partial charge in [-0.05, 0) is 6.42 Å². The normalized spacial score (nSPS) is 10.5. The van der Waals surface area contributed by atoms with Crippen molar-refractivity contribution in [1.82, 2.24) is 19.5 Å². The summed E-state index contributed by atoms with van der Waals surface area (Å²) in [5.74, 6) is 1.59. The van der Waals surface area contributed by atoms with Crippen LogP contribution in [0.1, 0.15) is 19.2 Å². The summed E-state index contributed by atoms with van der Waals surface area (Å²) >= 11 is 0. The number of nitrogen functional groups attached to an aromatic ring is 1. The van der Waals surface area contributed by atoms with Crippen LogP contribution in [0.3, 0.4) is 0 Å². The highest BCUT2D eigenvalue weighted by Gasteiger charge is 2.05. The van der Waals surface area contributed by atoms with Crippen molar-refractivity contribution in [3.63, 3.8) is 0 Å². The molecule has 0 saturated heterocycles. The van der Waals surface area contributed by atoms with Crippen LogP contribution in [-0.4, -0.2) is 19.5 Å². The van der Waals surface area contributed by atoms with E-state index in [1.165, 1.54) is 0 Å².